The predicted molar refractivity (Wildman–Crippen MR) is 122 cm³/mol. The topological polar surface area (TPSA) is 80.9 Å². The van der Waals surface area contributed by atoms with Crippen molar-refractivity contribution in [1.29, 1.82) is 0 Å². The summed E-state index contributed by atoms with van der Waals surface area (Å²) in [5.41, 5.74) is 2.39. The molecule has 1 fully saturated rings. The maximum atomic E-state index is 13.5. The number of nitrogens with zero attached hydrogens (tertiary/aromatic N) is 3. The van der Waals surface area contributed by atoms with Crippen LogP contribution in [0.25, 0.3) is 0 Å². The molecule has 1 aliphatic carbocycles. The second-order valence-corrected chi connectivity index (χ2v) is 8.80. The molecule has 2 aromatic rings. The van der Waals surface area contributed by atoms with Gasteiger partial charge < -0.3 is 24.8 Å². The Morgan fingerprint density at radius 2 is 1.61 bits per heavy atom. The summed E-state index contributed by atoms with van der Waals surface area (Å²) in [6.07, 6.45) is 6.21. The van der Waals surface area contributed by atoms with Crippen molar-refractivity contribution in [2.75, 3.05) is 32.7 Å². The summed E-state index contributed by atoms with van der Waals surface area (Å²) >= 11 is 0. The first-order valence-electron chi connectivity index (χ1n) is 11.2. The fraction of sp³-hybridized carbons (Fsp3) is 0.500. The summed E-state index contributed by atoms with van der Waals surface area (Å²) in [6, 6.07) is 7.57. The van der Waals surface area contributed by atoms with Gasteiger partial charge in [-0.05, 0) is 39.2 Å². The molecule has 1 aliphatic heterocycles. The molecule has 0 radical (unpaired) electrons. The van der Waals surface area contributed by atoms with Crippen LogP contribution >= 0.6 is 0 Å². The Hall–Kier alpha value is -2.48. The van der Waals surface area contributed by atoms with Gasteiger partial charge in [-0.25, -0.2) is 0 Å². The lowest BCUT2D eigenvalue weighted by molar-refractivity contribution is 0.160. The van der Waals surface area contributed by atoms with E-state index >= 15 is 0 Å². The standard InChI is InChI=1S/C24H33N3O4/c1-18(2)31-22-11-6-5-10-21(22)27(30)16-14-25(15-17-27)12-7-13-26-23(28)19-8-3-4-9-20(19)24(26)29/h3-6,10-11,18,28-29H,7-9,12-17H2,1-2H3. The fourth-order valence-electron chi connectivity index (χ4n) is 4.63. The summed E-state index contributed by atoms with van der Waals surface area (Å²) in [7, 11) is 0. The quantitative estimate of drug-likeness (QED) is 0.401. The van der Waals surface area contributed by atoms with E-state index in [9.17, 15) is 15.4 Å². The highest BCUT2D eigenvalue weighted by Crippen LogP contribution is 2.37. The number of hydrogen-bond donors (Lipinski definition) is 2. The molecule has 0 saturated carbocycles. The molecule has 0 amide bonds. The van der Waals surface area contributed by atoms with E-state index in [1.165, 1.54) is 0 Å². The number of hydroxylamine groups is 2. The van der Waals surface area contributed by atoms with Crippen molar-refractivity contribution in [2.45, 2.75) is 45.8 Å². The second-order valence-electron chi connectivity index (χ2n) is 8.80. The molecular weight excluding hydrogens is 394 g/mol. The number of aromatic hydroxyl groups is 2. The van der Waals surface area contributed by atoms with Crippen LogP contribution in [0, 0.1) is 5.21 Å². The Kier molecular flexibility index (Phi) is 6.27. The van der Waals surface area contributed by atoms with Crippen molar-refractivity contribution in [2.24, 2.45) is 0 Å². The monoisotopic (exact) mass is 427 g/mol. The maximum absolute atomic E-state index is 13.5. The van der Waals surface area contributed by atoms with Gasteiger partial charge in [0, 0.05) is 43.4 Å². The predicted octanol–water partition coefficient (Wildman–Crippen LogP) is 3.55. The van der Waals surface area contributed by atoms with Gasteiger partial charge in [0.05, 0.1) is 19.2 Å². The van der Waals surface area contributed by atoms with Gasteiger partial charge in [0.1, 0.15) is 0 Å². The summed E-state index contributed by atoms with van der Waals surface area (Å²) in [4.78, 5) is 2.29. The number of ether oxygens (including phenoxy) is 1. The highest BCUT2D eigenvalue weighted by molar-refractivity contribution is 5.56. The molecule has 1 saturated heterocycles. The average Bonchev–Trinajstić information content (AvgIpc) is 3.00. The SMILES string of the molecule is CC(C)Oc1ccccc1[N+]1([O-])CCN(CCCn2c(O)c3c(c2O)CC=CC3)CC1. The number of piperazine rings is 1. The van der Waals surface area contributed by atoms with Crippen molar-refractivity contribution in [3.05, 3.63) is 52.8 Å². The molecule has 4 rings (SSSR count). The lowest BCUT2D eigenvalue weighted by atomic mass is 10.0. The zero-order chi connectivity index (χ0) is 22.0. The highest BCUT2D eigenvalue weighted by atomic mass is 16.6. The van der Waals surface area contributed by atoms with E-state index in [1.54, 1.807) is 4.57 Å². The number of para-hydroxylation sites is 2. The molecule has 2 N–H and O–H groups in total. The summed E-state index contributed by atoms with van der Waals surface area (Å²) in [5, 5.41) is 34.5. The molecule has 1 aromatic carbocycles. The molecular formula is C24H33N3O4. The third-order valence-corrected chi connectivity index (χ3v) is 6.30. The lowest BCUT2D eigenvalue weighted by Crippen LogP contribution is -2.57. The third kappa shape index (κ3) is 4.44. The highest BCUT2D eigenvalue weighted by Gasteiger charge is 2.30. The summed E-state index contributed by atoms with van der Waals surface area (Å²) in [5.74, 6) is 1.05. The summed E-state index contributed by atoms with van der Waals surface area (Å²) < 4.78 is 7.13. The van der Waals surface area contributed by atoms with E-state index in [2.05, 4.69) is 4.90 Å². The third-order valence-electron chi connectivity index (χ3n) is 6.30. The van der Waals surface area contributed by atoms with Crippen molar-refractivity contribution in [3.63, 3.8) is 0 Å². The minimum absolute atomic E-state index is 0.0250. The molecule has 0 atom stereocenters. The van der Waals surface area contributed by atoms with E-state index < -0.39 is 0 Å². The largest absolute Gasteiger partial charge is 0.627 e. The van der Waals surface area contributed by atoms with Crippen LogP contribution < -0.4 is 9.38 Å². The lowest BCUT2D eigenvalue weighted by Gasteiger charge is -2.48. The minimum atomic E-state index is -0.363. The number of benzene rings is 1. The minimum Gasteiger partial charge on any atom is -0.627 e. The van der Waals surface area contributed by atoms with Crippen LogP contribution in [0.3, 0.4) is 0 Å². The van der Waals surface area contributed by atoms with Gasteiger partial charge in [-0.3, -0.25) is 9.47 Å². The van der Waals surface area contributed by atoms with E-state index in [0.717, 1.165) is 24.1 Å². The van der Waals surface area contributed by atoms with Crippen molar-refractivity contribution >= 4 is 5.69 Å². The van der Waals surface area contributed by atoms with Crippen LogP contribution in [0.4, 0.5) is 5.69 Å². The zero-order valence-corrected chi connectivity index (χ0v) is 18.5. The Morgan fingerprint density at radius 3 is 2.23 bits per heavy atom. The zero-order valence-electron chi connectivity index (χ0n) is 18.5. The number of allylic oxidation sites excluding steroid dienone is 2. The smallest absolute Gasteiger partial charge is 0.197 e. The number of rotatable bonds is 7. The summed E-state index contributed by atoms with van der Waals surface area (Å²) in [6.45, 7) is 7.71. The molecule has 0 bridgehead atoms. The average molecular weight is 428 g/mol. The van der Waals surface area contributed by atoms with Gasteiger partial charge in [0.2, 0.25) is 0 Å². The van der Waals surface area contributed by atoms with Crippen molar-refractivity contribution < 1.29 is 14.9 Å². The molecule has 31 heavy (non-hydrogen) atoms. The molecule has 2 aliphatic rings. The molecule has 7 heteroatoms. The molecule has 0 spiro atoms. The van der Waals surface area contributed by atoms with Gasteiger partial charge >= 0.3 is 0 Å². The van der Waals surface area contributed by atoms with Crippen LogP contribution in [0.5, 0.6) is 17.5 Å². The van der Waals surface area contributed by atoms with Gasteiger partial charge in [-0.2, -0.15) is 0 Å². The maximum Gasteiger partial charge on any atom is 0.197 e. The van der Waals surface area contributed by atoms with Crippen LogP contribution in [-0.4, -0.2) is 58.5 Å². The van der Waals surface area contributed by atoms with Crippen LogP contribution in [-0.2, 0) is 19.4 Å². The van der Waals surface area contributed by atoms with Crippen LogP contribution in [0.1, 0.15) is 31.4 Å². The van der Waals surface area contributed by atoms with Crippen molar-refractivity contribution in [3.8, 4) is 17.5 Å². The van der Waals surface area contributed by atoms with Gasteiger partial charge in [0.25, 0.3) is 0 Å². The van der Waals surface area contributed by atoms with Crippen molar-refractivity contribution in [1.82, 2.24) is 14.1 Å². The van der Waals surface area contributed by atoms with Crippen LogP contribution in [0.15, 0.2) is 36.4 Å². The normalized spacial score (nSPS) is 18.3. The Morgan fingerprint density at radius 1 is 1.00 bits per heavy atom. The van der Waals surface area contributed by atoms with Gasteiger partial charge in [-0.15, -0.1) is 0 Å². The Bertz CT molecular complexity index is 911. The number of quaternary nitrogens is 1. The molecule has 0 unspecified atom stereocenters. The molecule has 7 nitrogen and oxygen atoms in total. The second kappa shape index (κ2) is 8.94. The first-order valence-corrected chi connectivity index (χ1v) is 11.2. The number of fused-ring (bicyclic) bond motifs is 1. The first kappa shape index (κ1) is 21.7. The van der Waals surface area contributed by atoms with E-state index in [4.69, 9.17) is 4.74 Å². The number of hydrogen-bond acceptors (Lipinski definition) is 5. The van der Waals surface area contributed by atoms with Gasteiger partial charge in [0.15, 0.2) is 23.2 Å². The van der Waals surface area contributed by atoms with E-state index in [-0.39, 0.29) is 22.5 Å². The van der Waals surface area contributed by atoms with Crippen LogP contribution in [0.2, 0.25) is 0 Å². The molecule has 2 heterocycles. The molecule has 168 valence electrons. The Labute approximate surface area is 183 Å². The fourth-order valence-corrected chi connectivity index (χ4v) is 4.63. The number of aromatic nitrogens is 1. The van der Waals surface area contributed by atoms with E-state index in [1.807, 2.05) is 50.3 Å². The Balaban J connectivity index is 1.33. The van der Waals surface area contributed by atoms with Gasteiger partial charge in [-0.1, -0.05) is 24.3 Å². The first-order chi connectivity index (χ1) is 14.9. The molecule has 1 aromatic heterocycles. The van der Waals surface area contributed by atoms with E-state index in [0.29, 0.717) is 57.0 Å².